The molecular weight excluding hydrogens is 402 g/mol. The largest absolute Gasteiger partial charge is 0.508 e. The molecule has 0 aliphatic carbocycles. The third-order valence-electron chi connectivity index (χ3n) is 6.51. The normalized spacial score (nSPS) is 20.5. The maximum absolute atomic E-state index is 9.93. The second-order valence-electron chi connectivity index (χ2n) is 8.70. The van der Waals surface area contributed by atoms with E-state index in [1.165, 1.54) is 25.9 Å². The Bertz CT molecular complexity index is 1040. The summed E-state index contributed by atoms with van der Waals surface area (Å²) in [5, 5.41) is 19.7. The number of phenolic OH excluding ortho intramolecular Hbond substituents is 2. The number of ether oxygens (including phenoxy) is 2. The van der Waals surface area contributed by atoms with Gasteiger partial charge in [-0.05, 0) is 91.5 Å². The fourth-order valence-corrected chi connectivity index (χ4v) is 4.77. The number of hydrogen-bond donors (Lipinski definition) is 2. The van der Waals surface area contributed by atoms with Gasteiger partial charge < -0.3 is 19.7 Å². The molecule has 0 spiro atoms. The monoisotopic (exact) mass is 431 g/mol. The molecule has 5 rings (SSSR count). The first-order chi connectivity index (χ1) is 15.7. The topological polar surface area (TPSA) is 62.2 Å². The number of nitrogens with zero attached hydrogens (tertiary/aromatic N) is 1. The van der Waals surface area contributed by atoms with Gasteiger partial charge in [-0.2, -0.15) is 0 Å². The molecule has 2 N–H and O–H groups in total. The maximum atomic E-state index is 9.93. The lowest BCUT2D eigenvalue weighted by molar-refractivity contribution is 0.151. The van der Waals surface area contributed by atoms with E-state index >= 15 is 0 Å². The minimum Gasteiger partial charge on any atom is -0.508 e. The first-order valence-corrected chi connectivity index (χ1v) is 11.4. The van der Waals surface area contributed by atoms with E-state index < -0.39 is 0 Å². The number of fused-ring (bicyclic) bond motifs is 1. The molecule has 2 unspecified atom stereocenters. The Morgan fingerprint density at radius 1 is 0.844 bits per heavy atom. The third-order valence-corrected chi connectivity index (χ3v) is 6.51. The molecule has 0 radical (unpaired) electrons. The molecule has 3 aromatic rings. The minimum absolute atomic E-state index is 0.0619. The van der Waals surface area contributed by atoms with Gasteiger partial charge in [-0.3, -0.25) is 4.90 Å². The summed E-state index contributed by atoms with van der Waals surface area (Å²) in [6.45, 7) is 4.03. The van der Waals surface area contributed by atoms with Crippen LogP contribution in [0, 0.1) is 0 Å². The van der Waals surface area contributed by atoms with Crippen LogP contribution in [0.1, 0.15) is 41.6 Å². The molecule has 5 nitrogen and oxygen atoms in total. The quantitative estimate of drug-likeness (QED) is 0.573. The number of likely N-dealkylation sites (tertiary alicyclic amines) is 1. The van der Waals surface area contributed by atoms with Gasteiger partial charge in [0.25, 0.3) is 0 Å². The van der Waals surface area contributed by atoms with Gasteiger partial charge in [0.05, 0.1) is 0 Å². The summed E-state index contributed by atoms with van der Waals surface area (Å²) in [5.41, 5.74) is 3.16. The van der Waals surface area contributed by atoms with Crippen LogP contribution >= 0.6 is 0 Å². The van der Waals surface area contributed by atoms with E-state index in [9.17, 15) is 10.2 Å². The van der Waals surface area contributed by atoms with E-state index in [0.717, 1.165) is 41.2 Å². The molecule has 2 aliphatic rings. The van der Waals surface area contributed by atoms with Crippen LogP contribution in [0.2, 0.25) is 0 Å². The van der Waals surface area contributed by atoms with Crippen LogP contribution < -0.4 is 9.47 Å². The summed E-state index contributed by atoms with van der Waals surface area (Å²) in [6.07, 6.45) is 3.16. The average molecular weight is 432 g/mol. The number of benzene rings is 3. The van der Waals surface area contributed by atoms with E-state index in [0.29, 0.717) is 6.61 Å². The van der Waals surface area contributed by atoms with Crippen molar-refractivity contribution in [1.29, 1.82) is 0 Å². The zero-order valence-corrected chi connectivity index (χ0v) is 18.1. The van der Waals surface area contributed by atoms with Crippen LogP contribution in [-0.2, 0) is 6.42 Å². The maximum Gasteiger partial charge on any atom is 0.131 e. The van der Waals surface area contributed by atoms with Crippen molar-refractivity contribution in [2.75, 3.05) is 26.2 Å². The van der Waals surface area contributed by atoms with Crippen molar-refractivity contribution in [3.8, 4) is 23.0 Å². The van der Waals surface area contributed by atoms with Gasteiger partial charge in [-0.1, -0.05) is 24.3 Å². The molecular formula is C27H29NO4. The van der Waals surface area contributed by atoms with E-state index in [-0.39, 0.29) is 23.5 Å². The molecule has 2 atom stereocenters. The van der Waals surface area contributed by atoms with Crippen molar-refractivity contribution >= 4 is 0 Å². The summed E-state index contributed by atoms with van der Waals surface area (Å²) in [5.74, 6) is 2.22. The summed E-state index contributed by atoms with van der Waals surface area (Å²) in [6, 6.07) is 20.8. The number of hydrogen-bond acceptors (Lipinski definition) is 5. The highest BCUT2D eigenvalue weighted by Gasteiger charge is 2.32. The Labute approximate surface area is 188 Å². The predicted octanol–water partition coefficient (Wildman–Crippen LogP) is 5.03. The fraction of sp³-hybridized carbons (Fsp3) is 0.333. The van der Waals surface area contributed by atoms with E-state index in [1.54, 1.807) is 24.3 Å². The van der Waals surface area contributed by atoms with Crippen molar-refractivity contribution in [2.45, 2.75) is 31.3 Å². The van der Waals surface area contributed by atoms with E-state index in [1.807, 2.05) is 30.3 Å². The zero-order valence-electron chi connectivity index (χ0n) is 18.1. The molecule has 166 valence electrons. The smallest absolute Gasteiger partial charge is 0.131 e. The van der Waals surface area contributed by atoms with Crippen molar-refractivity contribution in [1.82, 2.24) is 4.90 Å². The number of aromatic hydroxyl groups is 2. The van der Waals surface area contributed by atoms with Gasteiger partial charge in [-0.15, -0.1) is 0 Å². The Balaban J connectivity index is 1.35. The van der Waals surface area contributed by atoms with Gasteiger partial charge in [0, 0.05) is 12.5 Å². The Morgan fingerprint density at radius 2 is 1.53 bits per heavy atom. The van der Waals surface area contributed by atoms with Crippen LogP contribution in [0.5, 0.6) is 23.0 Å². The highest BCUT2D eigenvalue weighted by atomic mass is 16.5. The van der Waals surface area contributed by atoms with E-state index in [4.69, 9.17) is 9.47 Å². The van der Waals surface area contributed by atoms with Crippen LogP contribution in [0.25, 0.3) is 0 Å². The lowest BCUT2D eigenvalue weighted by Gasteiger charge is -2.34. The fourth-order valence-electron chi connectivity index (χ4n) is 4.77. The lowest BCUT2D eigenvalue weighted by atomic mass is 9.82. The molecule has 0 amide bonds. The first kappa shape index (κ1) is 20.7. The predicted molar refractivity (Wildman–Crippen MR) is 124 cm³/mol. The lowest BCUT2D eigenvalue weighted by Crippen LogP contribution is -2.25. The third kappa shape index (κ3) is 4.53. The van der Waals surface area contributed by atoms with E-state index in [2.05, 4.69) is 17.0 Å². The summed E-state index contributed by atoms with van der Waals surface area (Å²) in [7, 11) is 0. The SMILES string of the molecule is Oc1ccc(C2Cc3cc(O)ccc3OC2c2ccc(OCCN3CCCC3)cc2)cc1. The van der Waals surface area contributed by atoms with Gasteiger partial charge in [0.1, 0.15) is 35.7 Å². The molecule has 0 aromatic heterocycles. The molecule has 5 heteroatoms. The van der Waals surface area contributed by atoms with Crippen molar-refractivity contribution in [3.63, 3.8) is 0 Å². The number of rotatable bonds is 6. The minimum atomic E-state index is -0.171. The Kier molecular flexibility index (Phi) is 5.91. The molecule has 2 aliphatic heterocycles. The van der Waals surface area contributed by atoms with Crippen LogP contribution in [0.15, 0.2) is 66.7 Å². The van der Waals surface area contributed by atoms with Crippen LogP contribution in [0.4, 0.5) is 0 Å². The van der Waals surface area contributed by atoms with Crippen molar-refractivity contribution < 1.29 is 19.7 Å². The molecule has 2 heterocycles. The number of phenols is 2. The summed E-state index contributed by atoms with van der Waals surface area (Å²) in [4.78, 5) is 2.45. The van der Waals surface area contributed by atoms with Gasteiger partial charge in [0.2, 0.25) is 0 Å². The van der Waals surface area contributed by atoms with Crippen LogP contribution in [0.3, 0.4) is 0 Å². The summed E-state index contributed by atoms with van der Waals surface area (Å²) >= 11 is 0. The van der Waals surface area contributed by atoms with Crippen molar-refractivity contribution in [3.05, 3.63) is 83.4 Å². The van der Waals surface area contributed by atoms with Gasteiger partial charge >= 0.3 is 0 Å². The molecule has 0 bridgehead atoms. The molecule has 0 saturated carbocycles. The molecule has 3 aromatic carbocycles. The van der Waals surface area contributed by atoms with Gasteiger partial charge in [-0.25, -0.2) is 0 Å². The average Bonchev–Trinajstić information content (AvgIpc) is 3.33. The molecule has 1 saturated heterocycles. The highest BCUT2D eigenvalue weighted by molar-refractivity contribution is 5.45. The second-order valence-corrected chi connectivity index (χ2v) is 8.70. The van der Waals surface area contributed by atoms with Crippen molar-refractivity contribution in [2.24, 2.45) is 0 Å². The second kappa shape index (κ2) is 9.13. The highest BCUT2D eigenvalue weighted by Crippen LogP contribution is 2.45. The Hall–Kier alpha value is -3.18. The zero-order chi connectivity index (χ0) is 21.9. The standard InChI is InChI=1S/C27H29NO4/c29-22-7-3-19(4-8-22)25-18-21-17-23(30)9-12-26(21)32-27(25)20-5-10-24(11-6-20)31-16-15-28-13-1-2-14-28/h3-12,17,25,27,29-30H,1-2,13-16,18H2. The summed E-state index contributed by atoms with van der Waals surface area (Å²) < 4.78 is 12.4. The Morgan fingerprint density at radius 3 is 2.28 bits per heavy atom. The van der Waals surface area contributed by atoms with Crippen LogP contribution in [-0.4, -0.2) is 41.4 Å². The molecule has 32 heavy (non-hydrogen) atoms. The van der Waals surface area contributed by atoms with Gasteiger partial charge in [0.15, 0.2) is 0 Å². The first-order valence-electron chi connectivity index (χ1n) is 11.4. The molecule has 1 fully saturated rings.